The molecular weight excluding hydrogens is 144 g/mol. The van der Waals surface area contributed by atoms with Gasteiger partial charge >= 0.3 is 0 Å². The second-order valence-corrected chi connectivity index (χ2v) is 4.11. The van der Waals surface area contributed by atoms with Crippen molar-refractivity contribution in [2.75, 3.05) is 0 Å². The zero-order chi connectivity index (χ0) is 8.72. The van der Waals surface area contributed by atoms with E-state index >= 15 is 0 Å². The minimum absolute atomic E-state index is 0.726. The van der Waals surface area contributed by atoms with Crippen molar-refractivity contribution in [1.29, 1.82) is 0 Å². The zero-order valence-corrected chi connectivity index (χ0v) is 8.09. The van der Waals surface area contributed by atoms with Crippen molar-refractivity contribution in [1.82, 2.24) is 0 Å². The van der Waals surface area contributed by atoms with E-state index in [0.717, 1.165) is 11.8 Å². The highest BCUT2D eigenvalue weighted by Gasteiger charge is 2.25. The Morgan fingerprint density at radius 3 is 2.83 bits per heavy atom. The lowest BCUT2D eigenvalue weighted by molar-refractivity contribution is 0.617. The molecule has 0 aromatic rings. The van der Waals surface area contributed by atoms with Gasteiger partial charge in [0.2, 0.25) is 0 Å². The fourth-order valence-electron chi connectivity index (χ4n) is 2.22. The Labute approximate surface area is 74.7 Å². The predicted molar refractivity (Wildman–Crippen MR) is 52.9 cm³/mol. The summed E-state index contributed by atoms with van der Waals surface area (Å²) in [6, 6.07) is 0. The van der Waals surface area contributed by atoms with Crippen LogP contribution in [-0.2, 0) is 0 Å². The highest BCUT2D eigenvalue weighted by molar-refractivity contribution is 5.47. The van der Waals surface area contributed by atoms with Crippen LogP contribution >= 0.6 is 0 Å². The predicted octanol–water partition coefficient (Wildman–Crippen LogP) is 3.48. The lowest BCUT2D eigenvalue weighted by atomic mass is 9.87. The SMILES string of the molecule is CC1=C(C)C2=CC(C)CC2C=C1. The van der Waals surface area contributed by atoms with Crippen LogP contribution in [0.1, 0.15) is 27.2 Å². The lowest BCUT2D eigenvalue weighted by Gasteiger charge is -2.17. The molecule has 0 heterocycles. The summed E-state index contributed by atoms with van der Waals surface area (Å²) in [5, 5.41) is 0. The normalized spacial score (nSPS) is 33.8. The van der Waals surface area contributed by atoms with E-state index in [4.69, 9.17) is 0 Å². The van der Waals surface area contributed by atoms with Crippen molar-refractivity contribution in [3.8, 4) is 0 Å². The molecule has 0 fully saturated rings. The van der Waals surface area contributed by atoms with Gasteiger partial charge in [-0.1, -0.05) is 25.2 Å². The summed E-state index contributed by atoms with van der Waals surface area (Å²) in [4.78, 5) is 0. The lowest BCUT2D eigenvalue weighted by Crippen LogP contribution is -2.02. The monoisotopic (exact) mass is 160 g/mol. The number of fused-ring (bicyclic) bond motifs is 1. The molecule has 2 aliphatic rings. The summed E-state index contributed by atoms with van der Waals surface area (Å²) in [7, 11) is 0. The summed E-state index contributed by atoms with van der Waals surface area (Å²) in [6.45, 7) is 6.75. The molecule has 0 aromatic heterocycles. The second-order valence-electron chi connectivity index (χ2n) is 4.11. The van der Waals surface area contributed by atoms with Crippen molar-refractivity contribution in [2.24, 2.45) is 11.8 Å². The topological polar surface area (TPSA) is 0 Å². The largest absolute Gasteiger partial charge is 0.0776 e. The molecule has 0 nitrogen and oxygen atoms in total. The Hall–Kier alpha value is -0.780. The van der Waals surface area contributed by atoms with E-state index < -0.39 is 0 Å². The van der Waals surface area contributed by atoms with Crippen LogP contribution in [0.25, 0.3) is 0 Å². The van der Waals surface area contributed by atoms with Gasteiger partial charge in [0.15, 0.2) is 0 Å². The van der Waals surface area contributed by atoms with Crippen LogP contribution in [0.4, 0.5) is 0 Å². The first-order valence-electron chi connectivity index (χ1n) is 4.76. The van der Waals surface area contributed by atoms with Crippen molar-refractivity contribution in [3.05, 3.63) is 34.9 Å². The van der Waals surface area contributed by atoms with Crippen molar-refractivity contribution in [2.45, 2.75) is 27.2 Å². The van der Waals surface area contributed by atoms with Gasteiger partial charge in [0.25, 0.3) is 0 Å². The molecule has 0 spiro atoms. The molecule has 2 atom stereocenters. The Balaban J connectivity index is 2.41. The first-order chi connectivity index (χ1) is 5.68. The van der Waals surface area contributed by atoms with E-state index in [2.05, 4.69) is 39.0 Å². The summed E-state index contributed by atoms with van der Waals surface area (Å²) >= 11 is 0. The van der Waals surface area contributed by atoms with Gasteiger partial charge < -0.3 is 0 Å². The van der Waals surface area contributed by atoms with Crippen molar-refractivity contribution < 1.29 is 0 Å². The van der Waals surface area contributed by atoms with E-state index in [1.807, 2.05) is 0 Å². The van der Waals surface area contributed by atoms with Gasteiger partial charge in [-0.2, -0.15) is 0 Å². The smallest absolute Gasteiger partial charge is 0.00263 e. The van der Waals surface area contributed by atoms with Crippen LogP contribution in [0.2, 0.25) is 0 Å². The molecule has 0 amide bonds. The van der Waals surface area contributed by atoms with E-state index in [9.17, 15) is 0 Å². The van der Waals surface area contributed by atoms with E-state index in [0.29, 0.717) is 0 Å². The molecule has 2 aliphatic carbocycles. The Kier molecular flexibility index (Phi) is 1.71. The third kappa shape index (κ3) is 1.06. The first kappa shape index (κ1) is 7.85. The molecule has 2 unspecified atom stereocenters. The highest BCUT2D eigenvalue weighted by Crippen LogP contribution is 2.39. The third-order valence-corrected chi connectivity index (χ3v) is 3.09. The number of hydrogen-bond acceptors (Lipinski definition) is 0. The maximum Gasteiger partial charge on any atom is 0.00263 e. The summed E-state index contributed by atoms with van der Waals surface area (Å²) < 4.78 is 0. The van der Waals surface area contributed by atoms with E-state index in [1.54, 1.807) is 5.57 Å². The Morgan fingerprint density at radius 2 is 2.08 bits per heavy atom. The van der Waals surface area contributed by atoms with Gasteiger partial charge in [0, 0.05) is 5.92 Å². The van der Waals surface area contributed by atoms with Crippen LogP contribution in [0.3, 0.4) is 0 Å². The van der Waals surface area contributed by atoms with Gasteiger partial charge in [-0.05, 0) is 42.9 Å². The maximum absolute atomic E-state index is 2.44. The van der Waals surface area contributed by atoms with Crippen LogP contribution in [0.5, 0.6) is 0 Å². The Bertz CT molecular complexity index is 289. The van der Waals surface area contributed by atoms with Gasteiger partial charge in [-0.15, -0.1) is 0 Å². The maximum atomic E-state index is 2.44. The minimum Gasteiger partial charge on any atom is -0.0776 e. The molecule has 0 bridgehead atoms. The number of allylic oxidation sites excluding steroid dienone is 6. The molecule has 12 heavy (non-hydrogen) atoms. The molecule has 0 saturated heterocycles. The fourth-order valence-corrected chi connectivity index (χ4v) is 2.22. The molecule has 64 valence electrons. The number of rotatable bonds is 0. The van der Waals surface area contributed by atoms with Crippen LogP contribution in [-0.4, -0.2) is 0 Å². The fraction of sp³-hybridized carbons (Fsp3) is 0.500. The van der Waals surface area contributed by atoms with E-state index in [-0.39, 0.29) is 0 Å². The van der Waals surface area contributed by atoms with Gasteiger partial charge in [0.1, 0.15) is 0 Å². The summed E-state index contributed by atoms with van der Waals surface area (Å²) in [5.41, 5.74) is 4.53. The molecule has 0 saturated carbocycles. The van der Waals surface area contributed by atoms with Crippen molar-refractivity contribution >= 4 is 0 Å². The molecule has 0 radical (unpaired) electrons. The highest BCUT2D eigenvalue weighted by atomic mass is 14.3. The van der Waals surface area contributed by atoms with Crippen LogP contribution in [0.15, 0.2) is 34.9 Å². The molecule has 0 aromatic carbocycles. The van der Waals surface area contributed by atoms with Gasteiger partial charge in [-0.3, -0.25) is 0 Å². The Morgan fingerprint density at radius 1 is 1.33 bits per heavy atom. The number of hydrogen-bond donors (Lipinski definition) is 0. The van der Waals surface area contributed by atoms with Gasteiger partial charge in [0.05, 0.1) is 0 Å². The average molecular weight is 160 g/mol. The molecule has 0 N–H and O–H groups in total. The summed E-state index contributed by atoms with van der Waals surface area (Å²) in [5.74, 6) is 1.50. The molecular formula is C12H16. The minimum atomic E-state index is 0.726. The molecule has 0 heteroatoms. The third-order valence-electron chi connectivity index (χ3n) is 3.09. The average Bonchev–Trinajstić information content (AvgIpc) is 2.39. The standard InChI is InChI=1S/C12H16/c1-8-6-11-5-4-9(2)10(3)12(11)7-8/h4-5,7-8,11H,6H2,1-3H3. The molecule has 0 aliphatic heterocycles. The van der Waals surface area contributed by atoms with Gasteiger partial charge in [-0.25, -0.2) is 0 Å². The second kappa shape index (κ2) is 2.62. The quantitative estimate of drug-likeness (QED) is 0.509. The van der Waals surface area contributed by atoms with Crippen molar-refractivity contribution in [3.63, 3.8) is 0 Å². The van der Waals surface area contributed by atoms with E-state index in [1.165, 1.54) is 17.6 Å². The van der Waals surface area contributed by atoms with Crippen LogP contribution in [0, 0.1) is 11.8 Å². The molecule has 2 rings (SSSR count). The summed E-state index contributed by atoms with van der Waals surface area (Å²) in [6.07, 6.45) is 8.39. The zero-order valence-electron chi connectivity index (χ0n) is 8.09. The van der Waals surface area contributed by atoms with Crippen LogP contribution < -0.4 is 0 Å². The first-order valence-corrected chi connectivity index (χ1v) is 4.76.